The summed E-state index contributed by atoms with van der Waals surface area (Å²) in [7, 11) is 0. The molecule has 4 nitrogen and oxygen atoms in total. The van der Waals surface area contributed by atoms with E-state index in [1.54, 1.807) is 0 Å². The number of rotatable bonds is 14. The smallest absolute Gasteiger partial charge is 0.220 e. The van der Waals surface area contributed by atoms with Crippen molar-refractivity contribution in [1.29, 1.82) is 0 Å². The van der Waals surface area contributed by atoms with Gasteiger partial charge in [0.15, 0.2) is 0 Å². The molecule has 1 N–H and O–H groups in total. The van der Waals surface area contributed by atoms with Gasteiger partial charge in [-0.1, -0.05) is 39.5 Å². The number of hydrogen-bond donors (Lipinski definition) is 1. The molecule has 0 bridgehead atoms. The number of unbranched alkanes of at least 4 members (excludes halogenated alkanes) is 5. The third-order valence-electron chi connectivity index (χ3n) is 3.60. The van der Waals surface area contributed by atoms with Crippen LogP contribution < -0.4 is 5.32 Å². The van der Waals surface area contributed by atoms with Crippen LogP contribution in [0, 0.1) is 5.92 Å². The molecule has 0 unspecified atom stereocenters. The highest BCUT2D eigenvalue weighted by atomic mass is 16.5. The van der Waals surface area contributed by atoms with E-state index in [0.717, 1.165) is 44.9 Å². The van der Waals surface area contributed by atoms with Crippen LogP contribution in [-0.2, 0) is 14.3 Å². The highest BCUT2D eigenvalue weighted by Crippen LogP contribution is 2.10. The summed E-state index contributed by atoms with van der Waals surface area (Å²) in [5.74, 6) is 0.664. The van der Waals surface area contributed by atoms with Crippen LogP contribution in [0.3, 0.4) is 0 Å². The van der Waals surface area contributed by atoms with E-state index in [1.165, 1.54) is 0 Å². The molecule has 0 heterocycles. The van der Waals surface area contributed by atoms with Crippen molar-refractivity contribution in [3.63, 3.8) is 0 Å². The van der Waals surface area contributed by atoms with Crippen molar-refractivity contribution in [1.82, 2.24) is 5.32 Å². The van der Waals surface area contributed by atoms with Crippen LogP contribution in [0.4, 0.5) is 0 Å². The molecule has 0 fully saturated rings. The van der Waals surface area contributed by atoms with Crippen LogP contribution in [0.15, 0.2) is 0 Å². The number of ketones is 1. The molecule has 0 aromatic carbocycles. The number of carbonyl (C=O) groups excluding carboxylic acids is 2. The number of nitrogens with one attached hydrogen (secondary N) is 1. The van der Waals surface area contributed by atoms with Gasteiger partial charge >= 0.3 is 0 Å². The van der Waals surface area contributed by atoms with Crippen molar-refractivity contribution in [3.05, 3.63) is 0 Å². The molecule has 1 amide bonds. The molecule has 22 heavy (non-hydrogen) atoms. The molecular formula is C18H35NO3. The summed E-state index contributed by atoms with van der Waals surface area (Å²) in [5, 5.41) is 2.87. The lowest BCUT2D eigenvalue weighted by molar-refractivity contribution is -0.122. The summed E-state index contributed by atoms with van der Waals surface area (Å²) in [6, 6.07) is 0. The zero-order valence-corrected chi connectivity index (χ0v) is 15.0. The summed E-state index contributed by atoms with van der Waals surface area (Å²) in [5.41, 5.74) is 0. The molecule has 0 aromatic rings. The second-order valence-corrected chi connectivity index (χ2v) is 6.51. The first-order valence-corrected chi connectivity index (χ1v) is 8.84. The lowest BCUT2D eigenvalue weighted by atomic mass is 10.0. The Morgan fingerprint density at radius 2 is 1.41 bits per heavy atom. The first-order chi connectivity index (χ1) is 10.4. The fraction of sp³-hybridized carbons (Fsp3) is 0.889. The van der Waals surface area contributed by atoms with Gasteiger partial charge in [0.2, 0.25) is 5.91 Å². The third-order valence-corrected chi connectivity index (χ3v) is 3.60. The third kappa shape index (κ3) is 14.1. The summed E-state index contributed by atoms with van der Waals surface area (Å²) >= 11 is 0. The van der Waals surface area contributed by atoms with Gasteiger partial charge < -0.3 is 10.1 Å². The summed E-state index contributed by atoms with van der Waals surface area (Å²) in [6.07, 6.45) is 8.02. The van der Waals surface area contributed by atoms with E-state index in [4.69, 9.17) is 4.74 Å². The number of ether oxygens (including phenoxy) is 1. The monoisotopic (exact) mass is 313 g/mol. The Labute approximate surface area is 136 Å². The molecule has 0 aliphatic carbocycles. The normalized spacial score (nSPS) is 11.2. The zero-order chi connectivity index (χ0) is 16.8. The van der Waals surface area contributed by atoms with Gasteiger partial charge in [0.05, 0.1) is 12.7 Å². The second-order valence-electron chi connectivity index (χ2n) is 6.51. The van der Waals surface area contributed by atoms with Gasteiger partial charge in [-0.05, 0) is 26.7 Å². The summed E-state index contributed by atoms with van der Waals surface area (Å²) in [6.45, 7) is 9.07. The Morgan fingerprint density at radius 3 is 1.95 bits per heavy atom. The molecule has 0 aromatic heterocycles. The molecule has 0 spiro atoms. The second kappa shape index (κ2) is 13.7. The van der Waals surface area contributed by atoms with Crippen molar-refractivity contribution in [3.8, 4) is 0 Å². The molecule has 4 heteroatoms. The van der Waals surface area contributed by atoms with Crippen LogP contribution in [0.2, 0.25) is 0 Å². The zero-order valence-electron chi connectivity index (χ0n) is 15.0. The maximum absolute atomic E-state index is 11.6. The minimum Gasteiger partial charge on any atom is -0.377 e. The van der Waals surface area contributed by atoms with Gasteiger partial charge in [-0.2, -0.15) is 0 Å². The Hall–Kier alpha value is -0.900. The van der Waals surface area contributed by atoms with E-state index in [1.807, 2.05) is 27.7 Å². The predicted molar refractivity (Wildman–Crippen MR) is 90.9 cm³/mol. The number of carbonyl (C=O) groups is 2. The van der Waals surface area contributed by atoms with E-state index in [-0.39, 0.29) is 17.9 Å². The summed E-state index contributed by atoms with van der Waals surface area (Å²) < 4.78 is 5.37. The highest BCUT2D eigenvalue weighted by Gasteiger charge is 2.06. The number of hydrogen-bond acceptors (Lipinski definition) is 3. The SMILES string of the molecule is CC(C)OCCNC(=O)CCCCCCCCC(=O)C(C)C. The Bertz CT molecular complexity index is 301. The van der Waals surface area contributed by atoms with Gasteiger partial charge in [-0.15, -0.1) is 0 Å². The lowest BCUT2D eigenvalue weighted by Crippen LogP contribution is -2.27. The van der Waals surface area contributed by atoms with Gasteiger partial charge in [-0.3, -0.25) is 9.59 Å². The van der Waals surface area contributed by atoms with Gasteiger partial charge in [0.1, 0.15) is 5.78 Å². The Morgan fingerprint density at radius 1 is 0.864 bits per heavy atom. The Kier molecular flexibility index (Phi) is 13.2. The van der Waals surface area contributed by atoms with Crippen molar-refractivity contribution >= 4 is 11.7 Å². The summed E-state index contributed by atoms with van der Waals surface area (Å²) in [4.78, 5) is 23.0. The fourth-order valence-electron chi connectivity index (χ4n) is 2.15. The molecule has 0 saturated carbocycles. The van der Waals surface area contributed by atoms with Crippen LogP contribution >= 0.6 is 0 Å². The largest absolute Gasteiger partial charge is 0.377 e. The minimum absolute atomic E-state index is 0.120. The van der Waals surface area contributed by atoms with E-state index in [0.29, 0.717) is 25.4 Å². The van der Waals surface area contributed by atoms with E-state index in [9.17, 15) is 9.59 Å². The molecule has 0 radical (unpaired) electrons. The maximum Gasteiger partial charge on any atom is 0.220 e. The van der Waals surface area contributed by atoms with Crippen molar-refractivity contribution in [2.45, 2.75) is 85.2 Å². The van der Waals surface area contributed by atoms with Gasteiger partial charge in [-0.25, -0.2) is 0 Å². The minimum atomic E-state index is 0.120. The predicted octanol–water partition coefficient (Wildman–Crippen LogP) is 3.87. The maximum atomic E-state index is 11.6. The molecule has 0 atom stereocenters. The molecule has 0 saturated heterocycles. The topological polar surface area (TPSA) is 55.4 Å². The van der Waals surface area contributed by atoms with Crippen LogP contribution in [0.5, 0.6) is 0 Å². The van der Waals surface area contributed by atoms with E-state index in [2.05, 4.69) is 5.32 Å². The van der Waals surface area contributed by atoms with Crippen LogP contribution in [0.1, 0.15) is 79.1 Å². The average molecular weight is 313 g/mol. The van der Waals surface area contributed by atoms with Crippen LogP contribution in [-0.4, -0.2) is 30.9 Å². The molecule has 0 aliphatic rings. The number of Topliss-reactive ketones (excluding diaryl/α,β-unsaturated/α-hetero) is 1. The average Bonchev–Trinajstić information content (AvgIpc) is 2.45. The first-order valence-electron chi connectivity index (χ1n) is 8.84. The van der Waals surface area contributed by atoms with Crippen molar-refractivity contribution < 1.29 is 14.3 Å². The fourth-order valence-corrected chi connectivity index (χ4v) is 2.15. The lowest BCUT2D eigenvalue weighted by Gasteiger charge is -2.08. The molecular weight excluding hydrogens is 278 g/mol. The van der Waals surface area contributed by atoms with Crippen molar-refractivity contribution in [2.24, 2.45) is 5.92 Å². The van der Waals surface area contributed by atoms with Gasteiger partial charge in [0, 0.05) is 25.3 Å². The highest BCUT2D eigenvalue weighted by molar-refractivity contribution is 5.80. The van der Waals surface area contributed by atoms with Crippen LogP contribution in [0.25, 0.3) is 0 Å². The Balaban J connectivity index is 3.28. The molecule has 0 aliphatic heterocycles. The van der Waals surface area contributed by atoms with E-state index < -0.39 is 0 Å². The van der Waals surface area contributed by atoms with E-state index >= 15 is 0 Å². The molecule has 130 valence electrons. The first kappa shape index (κ1) is 21.1. The molecule has 0 rings (SSSR count). The van der Waals surface area contributed by atoms with Crippen molar-refractivity contribution in [2.75, 3.05) is 13.2 Å². The van der Waals surface area contributed by atoms with Gasteiger partial charge in [0.25, 0.3) is 0 Å². The number of amides is 1. The standard InChI is InChI=1S/C18H35NO3/c1-15(2)17(20)11-9-7-5-6-8-10-12-18(21)19-13-14-22-16(3)4/h15-16H,5-14H2,1-4H3,(H,19,21). The quantitative estimate of drug-likeness (QED) is 0.495.